The largest absolute Gasteiger partial charge is 0.423 e. The number of hydrogen-bond donors (Lipinski definition) is 2. The molecular formula is C9H11N3O. The standard InChI is InChI=1S/C9H11N3O/c1-2-6-3-4-8-7(5-6)11-9(12-10)13-8/h3-5H,2,10H2,1H3,(H,11,12). The van der Waals surface area contributed by atoms with Gasteiger partial charge in [-0.25, -0.2) is 5.84 Å². The van der Waals surface area contributed by atoms with Crippen molar-refractivity contribution in [2.75, 3.05) is 5.43 Å². The maximum absolute atomic E-state index is 5.27. The number of rotatable bonds is 2. The first-order valence-electron chi connectivity index (χ1n) is 4.19. The molecule has 1 heterocycles. The first-order chi connectivity index (χ1) is 6.33. The molecule has 68 valence electrons. The first kappa shape index (κ1) is 8.07. The van der Waals surface area contributed by atoms with E-state index in [-0.39, 0.29) is 0 Å². The summed E-state index contributed by atoms with van der Waals surface area (Å²) in [4.78, 5) is 4.14. The van der Waals surface area contributed by atoms with Crippen LogP contribution in [-0.2, 0) is 6.42 Å². The highest BCUT2D eigenvalue weighted by Gasteiger charge is 2.03. The summed E-state index contributed by atoms with van der Waals surface area (Å²) in [5.41, 5.74) is 5.21. The third kappa shape index (κ3) is 1.36. The van der Waals surface area contributed by atoms with Gasteiger partial charge in [0, 0.05) is 0 Å². The van der Waals surface area contributed by atoms with Crippen molar-refractivity contribution in [3.05, 3.63) is 23.8 Å². The van der Waals surface area contributed by atoms with Crippen LogP contribution in [0.4, 0.5) is 6.01 Å². The smallest absolute Gasteiger partial charge is 0.310 e. The number of anilines is 1. The van der Waals surface area contributed by atoms with Crippen molar-refractivity contribution < 1.29 is 4.42 Å². The molecule has 0 saturated heterocycles. The van der Waals surface area contributed by atoms with Crippen LogP contribution >= 0.6 is 0 Å². The van der Waals surface area contributed by atoms with Gasteiger partial charge in [-0.05, 0) is 24.1 Å². The van der Waals surface area contributed by atoms with E-state index in [1.165, 1.54) is 5.56 Å². The molecular weight excluding hydrogens is 166 g/mol. The third-order valence-electron chi connectivity index (χ3n) is 1.98. The lowest BCUT2D eigenvalue weighted by atomic mass is 10.1. The monoisotopic (exact) mass is 177 g/mol. The molecule has 0 unspecified atom stereocenters. The van der Waals surface area contributed by atoms with E-state index >= 15 is 0 Å². The maximum atomic E-state index is 5.27. The molecule has 0 atom stereocenters. The van der Waals surface area contributed by atoms with Gasteiger partial charge in [-0.2, -0.15) is 4.98 Å². The number of aryl methyl sites for hydroxylation is 1. The van der Waals surface area contributed by atoms with Crippen molar-refractivity contribution in [2.45, 2.75) is 13.3 Å². The molecule has 0 spiro atoms. The number of nitrogens with two attached hydrogens (primary N) is 1. The molecule has 4 nitrogen and oxygen atoms in total. The van der Waals surface area contributed by atoms with Crippen LogP contribution in [0.15, 0.2) is 22.6 Å². The SMILES string of the molecule is CCc1ccc2oc(NN)nc2c1. The predicted molar refractivity (Wildman–Crippen MR) is 51.2 cm³/mol. The molecule has 13 heavy (non-hydrogen) atoms. The average molecular weight is 177 g/mol. The molecule has 0 aliphatic heterocycles. The summed E-state index contributed by atoms with van der Waals surface area (Å²) in [5, 5.41) is 0. The quantitative estimate of drug-likeness (QED) is 0.541. The molecule has 0 aliphatic carbocycles. The lowest BCUT2D eigenvalue weighted by Crippen LogP contribution is -2.06. The van der Waals surface area contributed by atoms with Gasteiger partial charge in [0.05, 0.1) is 0 Å². The molecule has 1 aromatic carbocycles. The summed E-state index contributed by atoms with van der Waals surface area (Å²) in [6.07, 6.45) is 0.994. The number of hydrazine groups is 1. The Morgan fingerprint density at radius 1 is 1.54 bits per heavy atom. The van der Waals surface area contributed by atoms with Gasteiger partial charge in [0.1, 0.15) is 5.52 Å². The van der Waals surface area contributed by atoms with E-state index in [0.29, 0.717) is 6.01 Å². The Morgan fingerprint density at radius 2 is 2.38 bits per heavy atom. The topological polar surface area (TPSA) is 64.1 Å². The zero-order chi connectivity index (χ0) is 9.26. The Balaban J connectivity index is 2.57. The van der Waals surface area contributed by atoms with Gasteiger partial charge in [-0.15, -0.1) is 0 Å². The van der Waals surface area contributed by atoms with E-state index in [1.807, 2.05) is 18.2 Å². The van der Waals surface area contributed by atoms with Crippen LogP contribution in [0.5, 0.6) is 0 Å². The molecule has 2 aromatic rings. The van der Waals surface area contributed by atoms with Gasteiger partial charge < -0.3 is 4.42 Å². The fourth-order valence-corrected chi connectivity index (χ4v) is 1.25. The average Bonchev–Trinajstić information content (AvgIpc) is 2.58. The lowest BCUT2D eigenvalue weighted by Gasteiger charge is -1.92. The number of aromatic nitrogens is 1. The number of nitrogen functional groups attached to an aromatic ring is 1. The Morgan fingerprint density at radius 3 is 3.08 bits per heavy atom. The summed E-state index contributed by atoms with van der Waals surface area (Å²) in [5.74, 6) is 5.18. The second-order valence-electron chi connectivity index (χ2n) is 2.82. The Labute approximate surface area is 75.7 Å². The molecule has 4 heteroatoms. The lowest BCUT2D eigenvalue weighted by molar-refractivity contribution is 0.617. The highest BCUT2D eigenvalue weighted by atomic mass is 16.4. The molecule has 0 amide bonds. The minimum absolute atomic E-state index is 0.350. The van der Waals surface area contributed by atoms with Crippen LogP contribution in [0.2, 0.25) is 0 Å². The van der Waals surface area contributed by atoms with E-state index in [4.69, 9.17) is 10.3 Å². The molecule has 0 saturated carbocycles. The van der Waals surface area contributed by atoms with Gasteiger partial charge in [0.15, 0.2) is 5.58 Å². The minimum atomic E-state index is 0.350. The third-order valence-corrected chi connectivity index (χ3v) is 1.98. The van der Waals surface area contributed by atoms with Crippen LogP contribution < -0.4 is 11.3 Å². The summed E-state index contributed by atoms with van der Waals surface area (Å²) in [6.45, 7) is 2.10. The van der Waals surface area contributed by atoms with Crippen molar-refractivity contribution >= 4 is 17.1 Å². The fourth-order valence-electron chi connectivity index (χ4n) is 1.25. The van der Waals surface area contributed by atoms with E-state index < -0.39 is 0 Å². The molecule has 0 fully saturated rings. The first-order valence-corrected chi connectivity index (χ1v) is 4.19. The van der Waals surface area contributed by atoms with Crippen molar-refractivity contribution in [3.63, 3.8) is 0 Å². The zero-order valence-electron chi connectivity index (χ0n) is 7.37. The molecule has 1 aromatic heterocycles. The van der Waals surface area contributed by atoms with Gasteiger partial charge in [-0.3, -0.25) is 5.43 Å². The van der Waals surface area contributed by atoms with Crippen LogP contribution in [0.3, 0.4) is 0 Å². The zero-order valence-corrected chi connectivity index (χ0v) is 7.37. The molecule has 0 radical (unpaired) electrons. The Hall–Kier alpha value is -1.55. The number of hydrogen-bond acceptors (Lipinski definition) is 4. The van der Waals surface area contributed by atoms with E-state index in [1.54, 1.807) is 0 Å². The summed E-state index contributed by atoms with van der Waals surface area (Å²) in [6, 6.07) is 6.28. The Kier molecular flexibility index (Phi) is 1.90. The summed E-state index contributed by atoms with van der Waals surface area (Å²) >= 11 is 0. The van der Waals surface area contributed by atoms with Crippen LogP contribution in [0, 0.1) is 0 Å². The normalized spacial score (nSPS) is 10.6. The van der Waals surface area contributed by atoms with Crippen molar-refractivity contribution in [1.82, 2.24) is 4.98 Å². The second-order valence-corrected chi connectivity index (χ2v) is 2.82. The van der Waals surface area contributed by atoms with Crippen LogP contribution in [-0.4, -0.2) is 4.98 Å². The second kappa shape index (κ2) is 3.06. The van der Waals surface area contributed by atoms with Gasteiger partial charge >= 0.3 is 6.01 Å². The number of nitrogens with one attached hydrogen (secondary N) is 1. The number of oxazole rings is 1. The van der Waals surface area contributed by atoms with E-state index in [2.05, 4.69) is 17.3 Å². The predicted octanol–water partition coefficient (Wildman–Crippen LogP) is 1.68. The van der Waals surface area contributed by atoms with E-state index in [9.17, 15) is 0 Å². The van der Waals surface area contributed by atoms with Gasteiger partial charge in [0.25, 0.3) is 0 Å². The van der Waals surface area contributed by atoms with Crippen molar-refractivity contribution in [1.29, 1.82) is 0 Å². The number of nitrogens with zero attached hydrogens (tertiary/aromatic N) is 1. The van der Waals surface area contributed by atoms with Gasteiger partial charge in [-0.1, -0.05) is 13.0 Å². The van der Waals surface area contributed by atoms with E-state index in [0.717, 1.165) is 17.5 Å². The van der Waals surface area contributed by atoms with Crippen molar-refractivity contribution in [2.24, 2.45) is 5.84 Å². The maximum Gasteiger partial charge on any atom is 0.310 e. The molecule has 0 aliphatic rings. The van der Waals surface area contributed by atoms with Crippen molar-refractivity contribution in [3.8, 4) is 0 Å². The van der Waals surface area contributed by atoms with Crippen LogP contribution in [0.1, 0.15) is 12.5 Å². The summed E-state index contributed by atoms with van der Waals surface area (Å²) in [7, 11) is 0. The van der Waals surface area contributed by atoms with Crippen LogP contribution in [0.25, 0.3) is 11.1 Å². The van der Waals surface area contributed by atoms with Gasteiger partial charge in [0.2, 0.25) is 0 Å². The highest BCUT2D eigenvalue weighted by molar-refractivity contribution is 5.75. The highest BCUT2D eigenvalue weighted by Crippen LogP contribution is 2.19. The fraction of sp³-hybridized carbons (Fsp3) is 0.222. The molecule has 3 N–H and O–H groups in total. The summed E-state index contributed by atoms with van der Waals surface area (Å²) < 4.78 is 5.27. The Bertz CT molecular complexity index is 420. The minimum Gasteiger partial charge on any atom is -0.423 e. The number of fused-ring (bicyclic) bond motifs is 1. The number of benzene rings is 1. The molecule has 0 bridgehead atoms. The molecule has 2 rings (SSSR count).